The van der Waals surface area contributed by atoms with Crippen molar-refractivity contribution in [2.75, 3.05) is 6.61 Å². The lowest BCUT2D eigenvalue weighted by Crippen LogP contribution is -2.58. The van der Waals surface area contributed by atoms with Crippen LogP contribution in [0.3, 0.4) is 0 Å². The summed E-state index contributed by atoms with van der Waals surface area (Å²) in [6.45, 7) is 10.1. The Morgan fingerprint density at radius 3 is 2.62 bits per heavy atom. The third kappa shape index (κ3) is 3.14. The summed E-state index contributed by atoms with van der Waals surface area (Å²) in [5.41, 5.74) is 2.83. The topological polar surface area (TPSA) is 29.5 Å². The molecule has 0 radical (unpaired) electrons. The highest BCUT2D eigenvalue weighted by Crippen LogP contribution is 2.45. The van der Waals surface area contributed by atoms with E-state index in [1.54, 1.807) is 0 Å². The van der Waals surface area contributed by atoms with E-state index in [-0.39, 0.29) is 17.9 Å². The Balaban J connectivity index is 1.90. The molecule has 130 valence electrons. The van der Waals surface area contributed by atoms with Gasteiger partial charge in [-0.1, -0.05) is 55.8 Å². The molecule has 3 aliphatic rings. The Bertz CT molecular complexity index is 608. The van der Waals surface area contributed by atoms with Crippen LogP contribution in [0.5, 0.6) is 0 Å². The molecule has 0 spiro atoms. The molecule has 0 amide bonds. The molecule has 2 heterocycles. The molecule has 1 fully saturated rings. The smallest absolute Gasteiger partial charge is 0.310 e. The van der Waals surface area contributed by atoms with Gasteiger partial charge in [-0.3, -0.25) is 9.69 Å². The van der Waals surface area contributed by atoms with Crippen LogP contribution in [0.4, 0.5) is 0 Å². The number of esters is 1. The van der Waals surface area contributed by atoms with E-state index in [1.165, 1.54) is 11.1 Å². The fraction of sp³-hybridized carbons (Fsp3) is 0.571. The second-order valence-electron chi connectivity index (χ2n) is 7.41. The van der Waals surface area contributed by atoms with Gasteiger partial charge in [-0.15, -0.1) is 0 Å². The first-order valence-corrected chi connectivity index (χ1v) is 9.20. The van der Waals surface area contributed by atoms with Gasteiger partial charge >= 0.3 is 5.97 Å². The molecule has 4 atom stereocenters. The third-order valence-electron chi connectivity index (χ3n) is 5.66. The molecule has 0 aromatic heterocycles. The van der Waals surface area contributed by atoms with Gasteiger partial charge in [0.1, 0.15) is 0 Å². The fourth-order valence-corrected chi connectivity index (χ4v) is 4.44. The molecule has 1 saturated heterocycles. The van der Waals surface area contributed by atoms with Crippen molar-refractivity contribution >= 4 is 5.97 Å². The summed E-state index contributed by atoms with van der Waals surface area (Å²) in [7, 11) is 0. The van der Waals surface area contributed by atoms with Crippen LogP contribution in [0.25, 0.3) is 0 Å². The summed E-state index contributed by atoms with van der Waals surface area (Å²) >= 11 is 0. The average molecular weight is 327 g/mol. The van der Waals surface area contributed by atoms with Gasteiger partial charge in [0.2, 0.25) is 0 Å². The molecular formula is C21H29NO2. The standard InChI is InChI=1S/C21H29NO2/c1-5-24-21(23)19-11-18-15(4)22(13-16-9-7-6-8-10-16)20(19)12-17(18)14(2)3/h6-10,12,14-15,18-20H,5,11,13H2,1-4H3. The van der Waals surface area contributed by atoms with Gasteiger partial charge in [-0.05, 0) is 37.7 Å². The van der Waals surface area contributed by atoms with Crippen molar-refractivity contribution in [3.63, 3.8) is 0 Å². The molecule has 3 nitrogen and oxygen atoms in total. The van der Waals surface area contributed by atoms with E-state index < -0.39 is 0 Å². The minimum Gasteiger partial charge on any atom is -0.466 e. The zero-order chi connectivity index (χ0) is 17.3. The van der Waals surface area contributed by atoms with Crippen LogP contribution >= 0.6 is 0 Å². The monoisotopic (exact) mass is 327 g/mol. The molecule has 0 N–H and O–H groups in total. The number of ether oxygens (including phenoxy) is 1. The maximum atomic E-state index is 12.5. The normalized spacial score (nSPS) is 29.6. The highest BCUT2D eigenvalue weighted by Gasteiger charge is 2.48. The highest BCUT2D eigenvalue weighted by molar-refractivity contribution is 5.74. The molecule has 1 aromatic rings. The zero-order valence-corrected chi connectivity index (χ0v) is 15.2. The Labute approximate surface area is 145 Å². The molecule has 1 aromatic carbocycles. The predicted molar refractivity (Wildman–Crippen MR) is 96.4 cm³/mol. The van der Waals surface area contributed by atoms with Crippen molar-refractivity contribution < 1.29 is 9.53 Å². The van der Waals surface area contributed by atoms with E-state index in [2.05, 4.69) is 56.0 Å². The second-order valence-corrected chi connectivity index (χ2v) is 7.41. The predicted octanol–water partition coefficient (Wildman–Crippen LogP) is 4.04. The number of rotatable bonds is 5. The third-order valence-corrected chi connectivity index (χ3v) is 5.66. The van der Waals surface area contributed by atoms with Gasteiger partial charge in [0, 0.05) is 18.6 Å². The summed E-state index contributed by atoms with van der Waals surface area (Å²) in [5.74, 6) is 0.934. The molecular weight excluding hydrogens is 298 g/mol. The Hall–Kier alpha value is -1.61. The van der Waals surface area contributed by atoms with Crippen molar-refractivity contribution in [1.29, 1.82) is 0 Å². The SMILES string of the molecule is CCOC(=O)C1CC2C(C(C)C)=CC1N(Cc1ccccc1)C2C. The number of nitrogens with zero attached hydrogens (tertiary/aromatic N) is 1. The number of hydrogen-bond acceptors (Lipinski definition) is 3. The summed E-state index contributed by atoms with van der Waals surface area (Å²) in [5, 5.41) is 0. The van der Waals surface area contributed by atoms with Crippen molar-refractivity contribution in [2.45, 2.75) is 52.7 Å². The van der Waals surface area contributed by atoms with Gasteiger partial charge in [-0.2, -0.15) is 0 Å². The Morgan fingerprint density at radius 2 is 2.00 bits per heavy atom. The minimum absolute atomic E-state index is 0.0302. The highest BCUT2D eigenvalue weighted by atomic mass is 16.5. The summed E-state index contributed by atoms with van der Waals surface area (Å²) < 4.78 is 5.37. The van der Waals surface area contributed by atoms with Crippen LogP contribution in [0.15, 0.2) is 42.0 Å². The summed E-state index contributed by atoms with van der Waals surface area (Å²) in [4.78, 5) is 15.0. The number of benzene rings is 1. The lowest BCUT2D eigenvalue weighted by molar-refractivity contribution is -0.154. The van der Waals surface area contributed by atoms with Gasteiger partial charge in [0.25, 0.3) is 0 Å². The van der Waals surface area contributed by atoms with E-state index in [0.717, 1.165) is 13.0 Å². The van der Waals surface area contributed by atoms with Gasteiger partial charge in [0.05, 0.1) is 12.5 Å². The first-order valence-electron chi connectivity index (χ1n) is 9.20. The first kappa shape index (κ1) is 17.2. The van der Waals surface area contributed by atoms with Crippen LogP contribution < -0.4 is 0 Å². The molecule has 3 heteroatoms. The average Bonchev–Trinajstić information content (AvgIpc) is 2.58. The van der Waals surface area contributed by atoms with E-state index >= 15 is 0 Å². The summed E-state index contributed by atoms with van der Waals surface area (Å²) in [6.07, 6.45) is 3.29. The van der Waals surface area contributed by atoms with Crippen molar-refractivity contribution in [3.05, 3.63) is 47.5 Å². The molecule has 4 rings (SSSR count). The van der Waals surface area contributed by atoms with Gasteiger partial charge in [-0.25, -0.2) is 0 Å². The van der Waals surface area contributed by atoms with Crippen LogP contribution in [0.2, 0.25) is 0 Å². The molecule has 24 heavy (non-hydrogen) atoms. The van der Waals surface area contributed by atoms with E-state index in [9.17, 15) is 4.79 Å². The van der Waals surface area contributed by atoms with E-state index in [1.807, 2.05) is 13.0 Å². The van der Waals surface area contributed by atoms with Crippen LogP contribution in [-0.2, 0) is 16.1 Å². The Morgan fingerprint density at radius 1 is 1.29 bits per heavy atom. The van der Waals surface area contributed by atoms with Crippen LogP contribution in [0.1, 0.15) is 39.7 Å². The molecule has 2 bridgehead atoms. The molecule has 0 saturated carbocycles. The second kappa shape index (κ2) is 7.10. The van der Waals surface area contributed by atoms with Gasteiger partial charge < -0.3 is 4.74 Å². The largest absolute Gasteiger partial charge is 0.466 e. The number of piperidine rings is 1. The number of carbonyl (C=O) groups is 1. The lowest BCUT2D eigenvalue weighted by atomic mass is 9.67. The Kier molecular flexibility index (Phi) is 5.09. The molecule has 4 unspecified atom stereocenters. The molecule has 2 aliphatic heterocycles. The maximum absolute atomic E-state index is 12.5. The van der Waals surface area contributed by atoms with E-state index in [4.69, 9.17) is 4.74 Å². The van der Waals surface area contributed by atoms with Crippen molar-refractivity contribution in [1.82, 2.24) is 4.90 Å². The maximum Gasteiger partial charge on any atom is 0.310 e. The summed E-state index contributed by atoms with van der Waals surface area (Å²) in [6, 6.07) is 11.2. The van der Waals surface area contributed by atoms with Crippen LogP contribution in [0, 0.1) is 17.8 Å². The number of hydrogen-bond donors (Lipinski definition) is 0. The first-order chi connectivity index (χ1) is 11.5. The zero-order valence-electron chi connectivity index (χ0n) is 15.2. The minimum atomic E-state index is -0.0310. The fourth-order valence-electron chi connectivity index (χ4n) is 4.44. The number of fused-ring (bicyclic) bond motifs is 2. The van der Waals surface area contributed by atoms with Gasteiger partial charge in [0.15, 0.2) is 0 Å². The van der Waals surface area contributed by atoms with Crippen molar-refractivity contribution in [2.24, 2.45) is 17.8 Å². The van der Waals surface area contributed by atoms with E-state index in [0.29, 0.717) is 24.5 Å². The van der Waals surface area contributed by atoms with Crippen molar-refractivity contribution in [3.8, 4) is 0 Å². The molecule has 1 aliphatic carbocycles. The number of carbonyl (C=O) groups excluding carboxylic acids is 1. The lowest BCUT2D eigenvalue weighted by Gasteiger charge is -2.53. The quantitative estimate of drug-likeness (QED) is 0.604. The van der Waals surface area contributed by atoms with Crippen LogP contribution in [-0.4, -0.2) is 29.6 Å².